The SMILES string of the molecule is CN(C(=O)c1ccccc1NS(C)(=O)=O)C1CCCC1. The molecule has 1 aromatic rings. The van der Waals surface area contributed by atoms with Crippen molar-refractivity contribution in [3.8, 4) is 0 Å². The van der Waals surface area contributed by atoms with Crippen molar-refractivity contribution in [3.63, 3.8) is 0 Å². The molecule has 6 heteroatoms. The van der Waals surface area contributed by atoms with Crippen molar-refractivity contribution < 1.29 is 13.2 Å². The summed E-state index contributed by atoms with van der Waals surface area (Å²) in [7, 11) is -1.61. The van der Waals surface area contributed by atoms with Crippen LogP contribution in [0.15, 0.2) is 24.3 Å². The topological polar surface area (TPSA) is 66.5 Å². The molecule has 0 atom stereocenters. The number of nitrogens with zero attached hydrogens (tertiary/aromatic N) is 1. The van der Waals surface area contributed by atoms with E-state index in [1.807, 2.05) is 0 Å². The fourth-order valence-corrected chi connectivity index (χ4v) is 3.18. The molecule has 1 amide bonds. The molecular weight excluding hydrogens is 276 g/mol. The van der Waals surface area contributed by atoms with Crippen LogP contribution in [-0.2, 0) is 10.0 Å². The van der Waals surface area contributed by atoms with E-state index in [0.717, 1.165) is 31.9 Å². The number of hydrogen-bond donors (Lipinski definition) is 1. The fourth-order valence-electron chi connectivity index (χ4n) is 2.61. The second kappa shape index (κ2) is 5.83. The van der Waals surface area contributed by atoms with Gasteiger partial charge in [0.15, 0.2) is 0 Å². The summed E-state index contributed by atoms with van der Waals surface area (Å²) in [5.74, 6) is -0.136. The molecule has 2 rings (SSSR count). The minimum absolute atomic E-state index is 0.136. The third-order valence-electron chi connectivity index (χ3n) is 3.65. The lowest BCUT2D eigenvalue weighted by Gasteiger charge is -2.25. The number of anilines is 1. The summed E-state index contributed by atoms with van der Waals surface area (Å²) in [5.41, 5.74) is 0.733. The largest absolute Gasteiger partial charge is 0.339 e. The second-order valence-electron chi connectivity index (χ2n) is 5.27. The minimum Gasteiger partial charge on any atom is -0.339 e. The van der Waals surface area contributed by atoms with Gasteiger partial charge < -0.3 is 4.90 Å². The van der Waals surface area contributed by atoms with Crippen LogP contribution >= 0.6 is 0 Å². The number of carbonyl (C=O) groups is 1. The van der Waals surface area contributed by atoms with E-state index in [0.29, 0.717) is 11.3 Å². The molecule has 1 aliphatic rings. The molecule has 20 heavy (non-hydrogen) atoms. The predicted molar refractivity (Wildman–Crippen MR) is 79.3 cm³/mol. The van der Waals surface area contributed by atoms with E-state index < -0.39 is 10.0 Å². The maximum Gasteiger partial charge on any atom is 0.255 e. The third kappa shape index (κ3) is 3.50. The number of amides is 1. The zero-order valence-corrected chi connectivity index (χ0v) is 12.6. The number of nitrogens with one attached hydrogen (secondary N) is 1. The van der Waals surface area contributed by atoms with Gasteiger partial charge in [0.2, 0.25) is 10.0 Å². The first-order chi connectivity index (χ1) is 9.38. The quantitative estimate of drug-likeness (QED) is 0.925. The van der Waals surface area contributed by atoms with E-state index in [2.05, 4.69) is 4.72 Å². The fraction of sp³-hybridized carbons (Fsp3) is 0.500. The molecule has 0 unspecified atom stereocenters. The molecule has 1 N–H and O–H groups in total. The zero-order chi connectivity index (χ0) is 14.8. The normalized spacial score (nSPS) is 16.1. The highest BCUT2D eigenvalue weighted by Crippen LogP contribution is 2.25. The summed E-state index contributed by atoms with van der Waals surface area (Å²) in [4.78, 5) is 14.3. The van der Waals surface area contributed by atoms with Crippen molar-refractivity contribution in [1.82, 2.24) is 4.90 Å². The van der Waals surface area contributed by atoms with E-state index in [1.54, 1.807) is 36.2 Å². The lowest BCUT2D eigenvalue weighted by molar-refractivity contribution is 0.0736. The molecule has 1 aromatic carbocycles. The molecule has 0 radical (unpaired) electrons. The van der Waals surface area contributed by atoms with E-state index in [-0.39, 0.29) is 11.9 Å². The molecule has 0 aliphatic heterocycles. The Labute approximate surface area is 120 Å². The number of rotatable bonds is 4. The molecule has 0 spiro atoms. The van der Waals surface area contributed by atoms with Gasteiger partial charge in [-0.3, -0.25) is 9.52 Å². The van der Waals surface area contributed by atoms with Gasteiger partial charge in [0.05, 0.1) is 17.5 Å². The first kappa shape index (κ1) is 14.8. The van der Waals surface area contributed by atoms with Crippen molar-refractivity contribution in [2.75, 3.05) is 18.0 Å². The van der Waals surface area contributed by atoms with Crippen molar-refractivity contribution in [2.45, 2.75) is 31.7 Å². The summed E-state index contributed by atoms with van der Waals surface area (Å²) < 4.78 is 25.1. The van der Waals surface area contributed by atoms with Crippen molar-refractivity contribution in [1.29, 1.82) is 0 Å². The molecule has 0 heterocycles. The Bertz CT molecular complexity index is 592. The maximum atomic E-state index is 12.5. The van der Waals surface area contributed by atoms with Gasteiger partial charge in [-0.25, -0.2) is 8.42 Å². The molecule has 0 aromatic heterocycles. The van der Waals surface area contributed by atoms with Gasteiger partial charge in [-0.05, 0) is 25.0 Å². The maximum absolute atomic E-state index is 12.5. The summed E-state index contributed by atoms with van der Waals surface area (Å²) in [5, 5.41) is 0. The van der Waals surface area contributed by atoms with E-state index in [9.17, 15) is 13.2 Å². The third-order valence-corrected chi connectivity index (χ3v) is 4.24. The highest BCUT2D eigenvalue weighted by molar-refractivity contribution is 7.92. The van der Waals surface area contributed by atoms with Gasteiger partial charge in [0, 0.05) is 13.1 Å². The van der Waals surface area contributed by atoms with Gasteiger partial charge in [-0.1, -0.05) is 25.0 Å². The van der Waals surface area contributed by atoms with Crippen molar-refractivity contribution in [3.05, 3.63) is 29.8 Å². The Balaban J connectivity index is 2.25. The summed E-state index contributed by atoms with van der Waals surface area (Å²) in [6.07, 6.45) is 5.40. The zero-order valence-electron chi connectivity index (χ0n) is 11.8. The molecular formula is C14H20N2O3S. The summed E-state index contributed by atoms with van der Waals surface area (Å²) >= 11 is 0. The summed E-state index contributed by atoms with van der Waals surface area (Å²) in [6.45, 7) is 0. The van der Waals surface area contributed by atoms with Crippen LogP contribution in [0.1, 0.15) is 36.0 Å². The predicted octanol–water partition coefficient (Wildman–Crippen LogP) is 2.07. The van der Waals surface area contributed by atoms with Crippen LogP contribution < -0.4 is 4.72 Å². The lowest BCUT2D eigenvalue weighted by Crippen LogP contribution is -2.35. The number of sulfonamides is 1. The monoisotopic (exact) mass is 296 g/mol. The van der Waals surface area contributed by atoms with E-state index in [1.165, 1.54) is 0 Å². The molecule has 1 aliphatic carbocycles. The molecule has 0 bridgehead atoms. The smallest absolute Gasteiger partial charge is 0.255 e. The highest BCUT2D eigenvalue weighted by atomic mass is 32.2. The van der Waals surface area contributed by atoms with Crippen LogP contribution in [0.4, 0.5) is 5.69 Å². The van der Waals surface area contributed by atoms with E-state index in [4.69, 9.17) is 0 Å². The number of para-hydroxylation sites is 1. The van der Waals surface area contributed by atoms with Crippen molar-refractivity contribution >= 4 is 21.6 Å². The van der Waals surface area contributed by atoms with Crippen LogP contribution in [0.2, 0.25) is 0 Å². The van der Waals surface area contributed by atoms with Gasteiger partial charge in [-0.2, -0.15) is 0 Å². The van der Waals surface area contributed by atoms with Crippen molar-refractivity contribution in [2.24, 2.45) is 0 Å². The van der Waals surface area contributed by atoms with Gasteiger partial charge in [-0.15, -0.1) is 0 Å². The van der Waals surface area contributed by atoms with Crippen LogP contribution in [0.3, 0.4) is 0 Å². The average molecular weight is 296 g/mol. The van der Waals surface area contributed by atoms with Crippen LogP contribution in [0.25, 0.3) is 0 Å². The number of hydrogen-bond acceptors (Lipinski definition) is 3. The standard InChI is InChI=1S/C14H20N2O3S/c1-16(11-7-3-4-8-11)14(17)12-9-5-6-10-13(12)15-20(2,18)19/h5-6,9-11,15H,3-4,7-8H2,1-2H3. The Morgan fingerprint density at radius 1 is 1.25 bits per heavy atom. The molecule has 0 saturated heterocycles. The van der Waals surface area contributed by atoms with Gasteiger partial charge in [0.25, 0.3) is 5.91 Å². The molecule has 5 nitrogen and oxygen atoms in total. The number of carbonyl (C=O) groups excluding carboxylic acids is 1. The molecule has 1 fully saturated rings. The van der Waals surface area contributed by atoms with Crippen LogP contribution in [0, 0.1) is 0 Å². The van der Waals surface area contributed by atoms with Crippen LogP contribution in [0.5, 0.6) is 0 Å². The van der Waals surface area contributed by atoms with Gasteiger partial charge >= 0.3 is 0 Å². The molecule has 1 saturated carbocycles. The Morgan fingerprint density at radius 2 is 1.85 bits per heavy atom. The second-order valence-corrected chi connectivity index (χ2v) is 7.02. The Morgan fingerprint density at radius 3 is 2.45 bits per heavy atom. The lowest BCUT2D eigenvalue weighted by atomic mass is 10.1. The Hall–Kier alpha value is -1.56. The summed E-state index contributed by atoms with van der Waals surface area (Å²) in [6, 6.07) is 6.97. The highest BCUT2D eigenvalue weighted by Gasteiger charge is 2.25. The minimum atomic E-state index is -3.40. The van der Waals surface area contributed by atoms with E-state index >= 15 is 0 Å². The van der Waals surface area contributed by atoms with Gasteiger partial charge in [0.1, 0.15) is 0 Å². The van der Waals surface area contributed by atoms with Crippen LogP contribution in [-0.4, -0.2) is 38.6 Å². The molecule has 110 valence electrons. The number of benzene rings is 1. The first-order valence-corrected chi connectivity index (χ1v) is 8.61. The first-order valence-electron chi connectivity index (χ1n) is 6.72. The Kier molecular flexibility index (Phi) is 4.32. The average Bonchev–Trinajstić information content (AvgIpc) is 2.89.